The number of hydrogen-bond donors (Lipinski definition) is 0. The monoisotopic (exact) mass is 626 g/mol. The van der Waals surface area contributed by atoms with E-state index in [-0.39, 0.29) is 43.7 Å². The van der Waals surface area contributed by atoms with Gasteiger partial charge in [0, 0.05) is 16.3 Å². The number of rotatable bonds is 3. The molecule has 1 heterocycles. The summed E-state index contributed by atoms with van der Waals surface area (Å²) in [6, 6.07) is 36.3. The highest BCUT2D eigenvalue weighted by Crippen LogP contribution is 2.46. The summed E-state index contributed by atoms with van der Waals surface area (Å²) in [5, 5.41) is 6.30. The van der Waals surface area contributed by atoms with Crippen LogP contribution in [-0.4, -0.2) is 62.8 Å². The van der Waals surface area contributed by atoms with Crippen LogP contribution in [0.3, 0.4) is 0 Å². The summed E-state index contributed by atoms with van der Waals surface area (Å²) in [6.45, 7) is 0. The second-order valence-corrected chi connectivity index (χ2v) is 13.0. The number of fused-ring (bicyclic) bond motifs is 7. The van der Waals surface area contributed by atoms with Gasteiger partial charge in [-0.2, -0.15) is 0 Å². The van der Waals surface area contributed by atoms with Crippen LogP contribution >= 0.6 is 0 Å². The van der Waals surface area contributed by atoms with Crippen molar-refractivity contribution in [1.29, 1.82) is 0 Å². The Hall–Kier alpha value is -5.14. The van der Waals surface area contributed by atoms with E-state index < -0.39 is 0 Å². The van der Waals surface area contributed by atoms with Gasteiger partial charge in [-0.05, 0) is 78.3 Å². The topological polar surface area (TPSA) is 13.1 Å². The largest absolute Gasteiger partial charge is 0.455 e. The fourth-order valence-corrected chi connectivity index (χ4v) is 7.75. The van der Waals surface area contributed by atoms with Crippen LogP contribution < -0.4 is 43.7 Å². The average molecular weight is 625 g/mol. The Labute approximate surface area is 306 Å². The van der Waals surface area contributed by atoms with E-state index in [1.807, 2.05) is 66.7 Å². The van der Waals surface area contributed by atoms with Crippen molar-refractivity contribution in [2.45, 2.75) is 0 Å². The van der Waals surface area contributed by atoms with Gasteiger partial charge in [-0.3, -0.25) is 0 Å². The van der Waals surface area contributed by atoms with Crippen LogP contribution in [0.25, 0.3) is 87.6 Å². The molecule has 1 aromatic heterocycles. The standard InChI is InChI=1S/C42H18B8O/c43-34-30-27(21-12-5-2-6-13-21)31-33(37(46)41(50)39(48)35(31)44)28(32(30)36(45)40(49)38(34)47)22-17-24(19-9-3-1-4-10-19)42-25(18-22)29-23-14-8-7-11-20(23)15-16-26(29)51-42/h1-18H. The SMILES string of the molecule is [B]c1c([B])c([B])c2c(-c3cc(-c4ccccc4)c4oc5ccc6ccccc6c5c4c3)c3c([B])c([B])c([B])c([B])c3c(-c3ccccc3)c2c1[B]. The van der Waals surface area contributed by atoms with Crippen LogP contribution in [-0.2, 0) is 0 Å². The summed E-state index contributed by atoms with van der Waals surface area (Å²) in [5.74, 6) is 0. The summed E-state index contributed by atoms with van der Waals surface area (Å²) >= 11 is 0. The van der Waals surface area contributed by atoms with Crippen LogP contribution in [0.4, 0.5) is 0 Å². The van der Waals surface area contributed by atoms with E-state index in [1.165, 1.54) is 0 Å². The summed E-state index contributed by atoms with van der Waals surface area (Å²) in [5.41, 5.74) is 7.88. The van der Waals surface area contributed by atoms with E-state index in [9.17, 15) is 0 Å². The van der Waals surface area contributed by atoms with E-state index in [1.54, 1.807) is 0 Å². The van der Waals surface area contributed by atoms with Crippen molar-refractivity contribution in [3.8, 4) is 33.4 Å². The number of hydrogen-bond acceptors (Lipinski definition) is 1. The number of furan rings is 1. The van der Waals surface area contributed by atoms with Crippen LogP contribution in [0.1, 0.15) is 0 Å². The summed E-state index contributed by atoms with van der Waals surface area (Å²) in [7, 11) is 54.4. The maximum absolute atomic E-state index is 7.02. The first-order valence-electron chi connectivity index (χ1n) is 16.4. The molecule has 9 heteroatoms. The summed E-state index contributed by atoms with van der Waals surface area (Å²) in [6.07, 6.45) is 0. The molecular weight excluding hydrogens is 607 g/mol. The zero-order valence-corrected chi connectivity index (χ0v) is 27.4. The average Bonchev–Trinajstić information content (AvgIpc) is 3.56. The molecule has 0 saturated carbocycles. The Balaban J connectivity index is 1.59. The molecule has 0 aliphatic rings. The summed E-state index contributed by atoms with van der Waals surface area (Å²) < 4.78 is 6.68. The van der Waals surface area contributed by atoms with Gasteiger partial charge >= 0.3 is 0 Å². The van der Waals surface area contributed by atoms with Gasteiger partial charge in [0.15, 0.2) is 0 Å². The molecule has 1 nitrogen and oxygen atoms in total. The lowest BCUT2D eigenvalue weighted by Gasteiger charge is -2.28. The molecule has 0 amide bonds. The molecule has 0 spiro atoms. The molecule has 0 bridgehead atoms. The van der Waals surface area contributed by atoms with Crippen molar-refractivity contribution in [2.75, 3.05) is 0 Å². The molecule has 9 aromatic rings. The second kappa shape index (κ2) is 11.7. The van der Waals surface area contributed by atoms with Crippen molar-refractivity contribution in [2.24, 2.45) is 0 Å². The molecule has 8 aromatic carbocycles. The van der Waals surface area contributed by atoms with Crippen molar-refractivity contribution >= 4 is 161 Å². The fraction of sp³-hybridized carbons (Fsp3) is 0. The van der Waals surface area contributed by atoms with Gasteiger partial charge in [-0.25, -0.2) is 0 Å². The summed E-state index contributed by atoms with van der Waals surface area (Å²) in [4.78, 5) is 0. The smallest absolute Gasteiger partial charge is 0.143 e. The first-order valence-corrected chi connectivity index (χ1v) is 16.4. The molecule has 216 valence electrons. The third-order valence-electron chi connectivity index (χ3n) is 10.2. The minimum Gasteiger partial charge on any atom is -0.455 e. The molecule has 0 saturated heterocycles. The minimum atomic E-state index is 0.165. The predicted molar refractivity (Wildman–Crippen MR) is 226 cm³/mol. The first-order chi connectivity index (χ1) is 24.7. The zero-order valence-electron chi connectivity index (χ0n) is 27.4. The molecule has 0 aliphatic heterocycles. The van der Waals surface area contributed by atoms with Crippen molar-refractivity contribution in [3.63, 3.8) is 0 Å². The van der Waals surface area contributed by atoms with Crippen molar-refractivity contribution in [3.05, 3.63) is 109 Å². The normalized spacial score (nSPS) is 11.8. The first kappa shape index (κ1) is 31.8. The maximum atomic E-state index is 7.02. The van der Waals surface area contributed by atoms with Crippen molar-refractivity contribution < 1.29 is 4.42 Å². The Bertz CT molecular complexity index is 2850. The van der Waals surface area contributed by atoms with E-state index in [4.69, 9.17) is 67.2 Å². The lowest BCUT2D eigenvalue weighted by atomic mass is 9.59. The highest BCUT2D eigenvalue weighted by atomic mass is 16.3. The van der Waals surface area contributed by atoms with Gasteiger partial charge in [-0.15, -0.1) is 21.9 Å². The molecule has 0 fully saturated rings. The lowest BCUT2D eigenvalue weighted by molar-refractivity contribution is 0.670. The number of benzene rings is 8. The van der Waals surface area contributed by atoms with Gasteiger partial charge in [-0.1, -0.05) is 113 Å². The third-order valence-corrected chi connectivity index (χ3v) is 10.2. The molecule has 16 radical (unpaired) electrons. The van der Waals surface area contributed by atoms with Crippen LogP contribution in [0.2, 0.25) is 0 Å². The molecular formula is C42H18B8O. The molecule has 0 N–H and O–H groups in total. The van der Waals surface area contributed by atoms with E-state index in [2.05, 4.69) is 42.5 Å². The van der Waals surface area contributed by atoms with Crippen LogP contribution in [0, 0.1) is 0 Å². The lowest BCUT2D eigenvalue weighted by Crippen LogP contribution is -2.50. The third kappa shape index (κ3) is 4.53. The second-order valence-electron chi connectivity index (χ2n) is 13.0. The molecule has 0 aliphatic carbocycles. The molecule has 0 atom stereocenters. The Kier molecular flexibility index (Phi) is 7.30. The Morgan fingerprint density at radius 1 is 0.353 bits per heavy atom. The van der Waals surface area contributed by atoms with Crippen LogP contribution in [0.15, 0.2) is 114 Å². The highest BCUT2D eigenvalue weighted by molar-refractivity contribution is 6.71. The van der Waals surface area contributed by atoms with Gasteiger partial charge in [0.25, 0.3) is 0 Å². The minimum absolute atomic E-state index is 0.165. The van der Waals surface area contributed by atoms with E-state index in [0.29, 0.717) is 32.7 Å². The Morgan fingerprint density at radius 2 is 0.824 bits per heavy atom. The fourth-order valence-electron chi connectivity index (χ4n) is 7.75. The highest BCUT2D eigenvalue weighted by Gasteiger charge is 2.26. The molecule has 9 rings (SSSR count). The quantitative estimate of drug-likeness (QED) is 0.218. The maximum Gasteiger partial charge on any atom is 0.143 e. The van der Waals surface area contributed by atoms with Gasteiger partial charge in [0.1, 0.15) is 73.9 Å². The van der Waals surface area contributed by atoms with E-state index in [0.717, 1.165) is 55.0 Å². The van der Waals surface area contributed by atoms with Crippen molar-refractivity contribution in [1.82, 2.24) is 0 Å². The Morgan fingerprint density at radius 3 is 1.37 bits per heavy atom. The molecule has 51 heavy (non-hydrogen) atoms. The van der Waals surface area contributed by atoms with Gasteiger partial charge in [0.2, 0.25) is 0 Å². The predicted octanol–water partition coefficient (Wildman–Crippen LogP) is 2.40. The van der Waals surface area contributed by atoms with Crippen LogP contribution in [0.5, 0.6) is 0 Å². The van der Waals surface area contributed by atoms with Gasteiger partial charge < -0.3 is 4.42 Å². The zero-order chi connectivity index (χ0) is 35.3. The van der Waals surface area contributed by atoms with E-state index >= 15 is 0 Å². The molecule has 0 unspecified atom stereocenters. The van der Waals surface area contributed by atoms with Gasteiger partial charge in [0.05, 0.1) is 0 Å².